The maximum Gasteiger partial charge on any atom is 0.292 e. The second-order valence-corrected chi connectivity index (χ2v) is 10.1. The Morgan fingerprint density at radius 1 is 1.14 bits per heavy atom. The van der Waals surface area contributed by atoms with E-state index in [1.54, 1.807) is 49.8 Å². The smallest absolute Gasteiger partial charge is 0.292 e. The monoisotopic (exact) mass is 434 g/mol. The Morgan fingerprint density at radius 2 is 1.86 bits per heavy atom. The first kappa shape index (κ1) is 20.5. The van der Waals surface area contributed by atoms with Crippen LogP contribution in [0.1, 0.15) is 22.3 Å². The molecule has 2 aromatic rings. The zero-order chi connectivity index (χ0) is 20.3. The number of rotatable bonds is 6. The lowest BCUT2D eigenvalue weighted by molar-refractivity contribution is -0.128. The number of hydrogen-bond acceptors (Lipinski definition) is 6. The molecule has 0 atom stereocenters. The molecule has 0 saturated carbocycles. The SMILES string of the molecule is CN(C)C(=O)CCSC1=CC(=NS(=O)(=O)c2cccs2)c2ccccc2C1=O. The molecule has 0 unspecified atom stereocenters. The summed E-state index contributed by atoms with van der Waals surface area (Å²) in [6.07, 6.45) is 1.78. The summed E-state index contributed by atoms with van der Waals surface area (Å²) < 4.78 is 29.3. The molecule has 1 aliphatic rings. The van der Waals surface area contributed by atoms with Crippen molar-refractivity contribution in [1.82, 2.24) is 4.90 Å². The fraction of sp³-hybridized carbons (Fsp3) is 0.211. The normalized spacial score (nSPS) is 15.3. The third kappa shape index (κ3) is 4.43. The highest BCUT2D eigenvalue weighted by molar-refractivity contribution is 8.04. The molecule has 6 nitrogen and oxygen atoms in total. The van der Waals surface area contributed by atoms with Gasteiger partial charge < -0.3 is 4.90 Å². The van der Waals surface area contributed by atoms with Gasteiger partial charge in [0, 0.05) is 37.4 Å². The van der Waals surface area contributed by atoms with Gasteiger partial charge in [-0.3, -0.25) is 9.59 Å². The van der Waals surface area contributed by atoms with E-state index in [0.29, 0.717) is 21.8 Å². The lowest BCUT2D eigenvalue weighted by atomic mass is 9.94. The summed E-state index contributed by atoms with van der Waals surface area (Å²) in [5, 5.41) is 1.67. The number of amides is 1. The number of ketones is 1. The molecule has 0 spiro atoms. The average Bonchev–Trinajstić information content (AvgIpc) is 3.20. The number of Topliss-reactive ketones (excluding diaryl/α,β-unsaturated/α-hetero) is 1. The predicted molar refractivity (Wildman–Crippen MR) is 113 cm³/mol. The molecular formula is C19H18N2O4S3. The molecule has 1 aromatic heterocycles. The molecule has 28 heavy (non-hydrogen) atoms. The van der Waals surface area contributed by atoms with Crippen molar-refractivity contribution in [2.24, 2.45) is 4.40 Å². The first-order valence-corrected chi connectivity index (χ1v) is 11.7. The van der Waals surface area contributed by atoms with Crippen LogP contribution >= 0.6 is 23.1 Å². The van der Waals surface area contributed by atoms with Crippen LogP contribution in [0.2, 0.25) is 0 Å². The maximum absolute atomic E-state index is 12.8. The fourth-order valence-corrected chi connectivity index (χ4v) is 5.44. The Kier molecular flexibility index (Phi) is 6.17. The van der Waals surface area contributed by atoms with Crippen LogP contribution in [0, 0.1) is 0 Å². The van der Waals surface area contributed by atoms with E-state index in [-0.39, 0.29) is 28.0 Å². The molecular weight excluding hydrogens is 416 g/mol. The fourth-order valence-electron chi connectivity index (χ4n) is 2.54. The summed E-state index contributed by atoms with van der Waals surface area (Å²) in [6, 6.07) is 9.95. The number of hydrogen-bond donors (Lipinski definition) is 0. The van der Waals surface area contributed by atoms with Crippen molar-refractivity contribution in [3.8, 4) is 0 Å². The molecule has 0 N–H and O–H groups in total. The number of benzene rings is 1. The first-order valence-electron chi connectivity index (χ1n) is 8.37. The van der Waals surface area contributed by atoms with Gasteiger partial charge in [-0.05, 0) is 17.5 Å². The Morgan fingerprint density at radius 3 is 2.50 bits per heavy atom. The first-order chi connectivity index (χ1) is 13.3. The minimum Gasteiger partial charge on any atom is -0.349 e. The minimum absolute atomic E-state index is 0.0362. The van der Waals surface area contributed by atoms with Gasteiger partial charge in [0.1, 0.15) is 4.21 Å². The average molecular weight is 435 g/mol. The highest BCUT2D eigenvalue weighted by Gasteiger charge is 2.26. The number of allylic oxidation sites excluding steroid dienone is 2. The lowest BCUT2D eigenvalue weighted by Crippen LogP contribution is -2.22. The second-order valence-electron chi connectivity index (χ2n) is 6.15. The van der Waals surface area contributed by atoms with E-state index in [0.717, 1.165) is 11.3 Å². The summed E-state index contributed by atoms with van der Waals surface area (Å²) >= 11 is 2.32. The van der Waals surface area contributed by atoms with Gasteiger partial charge in [0.2, 0.25) is 5.91 Å². The van der Waals surface area contributed by atoms with Crippen LogP contribution in [0.5, 0.6) is 0 Å². The third-order valence-electron chi connectivity index (χ3n) is 3.98. The molecule has 146 valence electrons. The van der Waals surface area contributed by atoms with Crippen LogP contribution in [0.3, 0.4) is 0 Å². The minimum atomic E-state index is -3.86. The van der Waals surface area contributed by atoms with Gasteiger partial charge in [-0.25, -0.2) is 0 Å². The Labute approximate surface area is 172 Å². The number of carbonyl (C=O) groups excluding carboxylic acids is 2. The molecule has 0 aliphatic heterocycles. The zero-order valence-corrected chi connectivity index (χ0v) is 17.7. The van der Waals surface area contributed by atoms with Gasteiger partial charge in [-0.1, -0.05) is 30.3 Å². The topological polar surface area (TPSA) is 83.9 Å². The van der Waals surface area contributed by atoms with E-state index in [1.807, 2.05) is 0 Å². The van der Waals surface area contributed by atoms with Gasteiger partial charge in [0.25, 0.3) is 10.0 Å². The maximum atomic E-state index is 12.8. The Hall–Kier alpha value is -2.23. The molecule has 1 heterocycles. The summed E-state index contributed by atoms with van der Waals surface area (Å²) in [7, 11) is -0.515. The van der Waals surface area contributed by atoms with Crippen LogP contribution in [-0.4, -0.2) is 50.6 Å². The summed E-state index contributed by atoms with van der Waals surface area (Å²) in [5.74, 6) is 0.193. The Bertz CT molecular complexity index is 1070. The number of fused-ring (bicyclic) bond motifs is 1. The van der Waals surface area contributed by atoms with Crippen LogP contribution < -0.4 is 0 Å². The quantitative estimate of drug-likeness (QED) is 0.697. The standard InChI is InChI=1S/C19H18N2O4S3/c1-21(2)17(22)9-11-26-16-12-15(13-6-3-4-7-14(13)19(16)23)20-28(24,25)18-8-5-10-27-18/h3-8,10,12H,9,11H2,1-2H3. The van der Waals surface area contributed by atoms with Crippen molar-refractivity contribution >= 4 is 50.5 Å². The molecule has 0 saturated heterocycles. The number of thioether (sulfide) groups is 1. The van der Waals surface area contributed by atoms with E-state index in [2.05, 4.69) is 4.40 Å². The Balaban J connectivity index is 1.95. The van der Waals surface area contributed by atoms with Crippen molar-refractivity contribution in [2.45, 2.75) is 10.6 Å². The largest absolute Gasteiger partial charge is 0.349 e. The second kappa shape index (κ2) is 8.42. The number of thiophene rings is 1. The van der Waals surface area contributed by atoms with Crippen LogP contribution in [0.15, 0.2) is 61.4 Å². The van der Waals surface area contributed by atoms with Crippen molar-refractivity contribution < 1.29 is 18.0 Å². The van der Waals surface area contributed by atoms with Crippen LogP contribution in [0.4, 0.5) is 0 Å². The predicted octanol–water partition coefficient (Wildman–Crippen LogP) is 3.22. The van der Waals surface area contributed by atoms with Crippen molar-refractivity contribution in [3.63, 3.8) is 0 Å². The van der Waals surface area contributed by atoms with Crippen LogP contribution in [0.25, 0.3) is 0 Å². The zero-order valence-electron chi connectivity index (χ0n) is 15.3. The summed E-state index contributed by atoms with van der Waals surface area (Å²) in [4.78, 5) is 26.4. The number of sulfonamides is 1. The van der Waals surface area contributed by atoms with E-state index >= 15 is 0 Å². The molecule has 0 radical (unpaired) electrons. The van der Waals surface area contributed by atoms with E-state index < -0.39 is 10.0 Å². The lowest BCUT2D eigenvalue weighted by Gasteiger charge is -2.17. The molecule has 9 heteroatoms. The van der Waals surface area contributed by atoms with Gasteiger partial charge in [0.05, 0.1) is 10.6 Å². The number of nitrogens with zero attached hydrogens (tertiary/aromatic N) is 2. The van der Waals surface area contributed by atoms with Crippen molar-refractivity contribution in [2.75, 3.05) is 19.8 Å². The van der Waals surface area contributed by atoms with E-state index in [9.17, 15) is 18.0 Å². The van der Waals surface area contributed by atoms with Gasteiger partial charge >= 0.3 is 0 Å². The molecule has 1 aliphatic carbocycles. The van der Waals surface area contributed by atoms with Gasteiger partial charge in [-0.15, -0.1) is 23.1 Å². The van der Waals surface area contributed by atoms with Crippen LogP contribution in [-0.2, 0) is 14.8 Å². The van der Waals surface area contributed by atoms with E-state index in [1.165, 1.54) is 28.8 Å². The molecule has 3 rings (SSSR count). The van der Waals surface area contributed by atoms with Crippen molar-refractivity contribution in [1.29, 1.82) is 0 Å². The van der Waals surface area contributed by atoms with Crippen molar-refractivity contribution in [3.05, 3.63) is 63.9 Å². The van der Waals surface area contributed by atoms with E-state index in [4.69, 9.17) is 0 Å². The number of carbonyl (C=O) groups is 2. The molecule has 0 fully saturated rings. The highest BCUT2D eigenvalue weighted by Crippen LogP contribution is 2.30. The highest BCUT2D eigenvalue weighted by atomic mass is 32.2. The molecule has 0 bridgehead atoms. The van der Waals surface area contributed by atoms with Gasteiger partial charge in [-0.2, -0.15) is 12.8 Å². The van der Waals surface area contributed by atoms with Gasteiger partial charge in [0.15, 0.2) is 5.78 Å². The summed E-state index contributed by atoms with van der Waals surface area (Å²) in [5.41, 5.74) is 1.12. The third-order valence-corrected chi connectivity index (χ3v) is 7.67. The molecule has 1 amide bonds. The summed E-state index contributed by atoms with van der Waals surface area (Å²) in [6.45, 7) is 0. The molecule has 1 aromatic carbocycles.